The molecular weight excluding hydrogens is 300 g/mol. The molecule has 0 aliphatic heterocycles. The van der Waals surface area contributed by atoms with E-state index in [9.17, 15) is 4.79 Å². The molecule has 1 aromatic carbocycles. The quantitative estimate of drug-likeness (QED) is 0.805. The summed E-state index contributed by atoms with van der Waals surface area (Å²) in [6.45, 7) is 0.534. The first-order valence-corrected chi connectivity index (χ1v) is 7.32. The molecule has 0 aliphatic carbocycles. The second-order valence-corrected chi connectivity index (χ2v) is 5.44. The molecule has 0 saturated heterocycles. The van der Waals surface area contributed by atoms with Gasteiger partial charge >= 0.3 is 0 Å². The van der Waals surface area contributed by atoms with E-state index in [0.29, 0.717) is 22.8 Å². The van der Waals surface area contributed by atoms with Crippen molar-refractivity contribution in [1.82, 2.24) is 20.1 Å². The maximum atomic E-state index is 12.2. The average Bonchev–Trinajstić information content (AvgIpc) is 2.93. The van der Waals surface area contributed by atoms with Crippen LogP contribution in [0.25, 0.3) is 10.9 Å². The summed E-state index contributed by atoms with van der Waals surface area (Å²) in [5.74, 6) is -0.203. The number of nitrogens with zero attached hydrogens (tertiary/aromatic N) is 3. The van der Waals surface area contributed by atoms with Crippen molar-refractivity contribution in [1.29, 1.82) is 0 Å². The summed E-state index contributed by atoms with van der Waals surface area (Å²) in [6.07, 6.45) is 4.45. The van der Waals surface area contributed by atoms with Gasteiger partial charge in [0.2, 0.25) is 0 Å². The summed E-state index contributed by atoms with van der Waals surface area (Å²) < 4.78 is 1.74. The van der Waals surface area contributed by atoms with Crippen LogP contribution >= 0.6 is 11.6 Å². The Morgan fingerprint density at radius 3 is 2.95 bits per heavy atom. The SMILES string of the molecule is Cn1cc(CCNC(=O)c2ccc3cccc(Cl)c3n2)cn1. The number of amides is 1. The maximum Gasteiger partial charge on any atom is 0.269 e. The van der Waals surface area contributed by atoms with Gasteiger partial charge in [-0.25, -0.2) is 4.98 Å². The van der Waals surface area contributed by atoms with E-state index in [1.165, 1.54) is 0 Å². The molecule has 2 heterocycles. The highest BCUT2D eigenvalue weighted by Gasteiger charge is 2.09. The van der Waals surface area contributed by atoms with Gasteiger partial charge in [-0.15, -0.1) is 0 Å². The van der Waals surface area contributed by atoms with Crippen LogP contribution in [0.15, 0.2) is 42.7 Å². The second-order valence-electron chi connectivity index (χ2n) is 5.04. The zero-order chi connectivity index (χ0) is 15.5. The Balaban J connectivity index is 1.68. The predicted octanol–water partition coefficient (Wildman–Crippen LogP) is 2.59. The van der Waals surface area contributed by atoms with Crippen LogP contribution in [-0.2, 0) is 13.5 Å². The molecule has 3 rings (SSSR count). The van der Waals surface area contributed by atoms with Gasteiger partial charge in [-0.1, -0.05) is 29.8 Å². The fraction of sp³-hybridized carbons (Fsp3) is 0.188. The number of hydrogen-bond donors (Lipinski definition) is 1. The Labute approximate surface area is 132 Å². The minimum Gasteiger partial charge on any atom is -0.350 e. The summed E-state index contributed by atoms with van der Waals surface area (Å²) in [6, 6.07) is 9.10. The van der Waals surface area contributed by atoms with Crippen molar-refractivity contribution in [3.63, 3.8) is 0 Å². The standard InChI is InChI=1S/C16H15ClN4O/c1-21-10-11(9-19-21)7-8-18-16(22)14-6-5-12-3-2-4-13(17)15(12)20-14/h2-6,9-10H,7-8H2,1H3,(H,18,22). The van der Waals surface area contributed by atoms with E-state index in [1.807, 2.05) is 31.4 Å². The molecule has 0 unspecified atom stereocenters. The summed E-state index contributed by atoms with van der Waals surface area (Å²) in [7, 11) is 1.87. The highest BCUT2D eigenvalue weighted by molar-refractivity contribution is 6.35. The van der Waals surface area contributed by atoms with Gasteiger partial charge in [0.25, 0.3) is 5.91 Å². The molecule has 0 bridgehead atoms. The number of aromatic nitrogens is 3. The van der Waals surface area contributed by atoms with Crippen LogP contribution in [0.5, 0.6) is 0 Å². The molecule has 5 nitrogen and oxygen atoms in total. The van der Waals surface area contributed by atoms with Crippen molar-refractivity contribution in [3.8, 4) is 0 Å². The van der Waals surface area contributed by atoms with Crippen LogP contribution in [0.4, 0.5) is 0 Å². The largest absolute Gasteiger partial charge is 0.350 e. The molecule has 0 spiro atoms. The van der Waals surface area contributed by atoms with Crippen molar-refractivity contribution in [2.75, 3.05) is 6.54 Å². The number of carbonyl (C=O) groups is 1. The summed E-state index contributed by atoms with van der Waals surface area (Å²) in [5.41, 5.74) is 2.09. The Kier molecular flexibility index (Phi) is 4.06. The van der Waals surface area contributed by atoms with Crippen molar-refractivity contribution < 1.29 is 4.79 Å². The van der Waals surface area contributed by atoms with E-state index in [4.69, 9.17) is 11.6 Å². The first-order valence-electron chi connectivity index (χ1n) is 6.94. The normalized spacial score (nSPS) is 10.8. The Morgan fingerprint density at radius 1 is 1.32 bits per heavy atom. The van der Waals surface area contributed by atoms with E-state index in [1.54, 1.807) is 23.0 Å². The topological polar surface area (TPSA) is 59.8 Å². The van der Waals surface area contributed by atoms with Crippen molar-refractivity contribution in [2.24, 2.45) is 7.05 Å². The highest BCUT2D eigenvalue weighted by Crippen LogP contribution is 2.21. The maximum absolute atomic E-state index is 12.2. The number of rotatable bonds is 4. The fourth-order valence-electron chi connectivity index (χ4n) is 2.25. The number of para-hydroxylation sites is 1. The molecule has 0 atom stereocenters. The number of benzene rings is 1. The number of hydrogen-bond acceptors (Lipinski definition) is 3. The fourth-order valence-corrected chi connectivity index (χ4v) is 2.47. The lowest BCUT2D eigenvalue weighted by Gasteiger charge is -2.05. The lowest BCUT2D eigenvalue weighted by molar-refractivity contribution is 0.0949. The number of pyridine rings is 1. The summed E-state index contributed by atoms with van der Waals surface area (Å²) in [4.78, 5) is 16.5. The Hall–Kier alpha value is -2.40. The first kappa shape index (κ1) is 14.5. The number of aryl methyl sites for hydroxylation is 1. The minimum absolute atomic E-state index is 0.203. The summed E-state index contributed by atoms with van der Waals surface area (Å²) in [5, 5.41) is 8.41. The van der Waals surface area contributed by atoms with Gasteiger partial charge in [-0.05, 0) is 24.1 Å². The van der Waals surface area contributed by atoms with Gasteiger partial charge in [0.05, 0.1) is 16.7 Å². The van der Waals surface area contributed by atoms with E-state index >= 15 is 0 Å². The van der Waals surface area contributed by atoms with Gasteiger partial charge in [-0.2, -0.15) is 5.10 Å². The van der Waals surface area contributed by atoms with Crippen LogP contribution < -0.4 is 5.32 Å². The monoisotopic (exact) mass is 314 g/mol. The van der Waals surface area contributed by atoms with Gasteiger partial charge in [0.1, 0.15) is 5.69 Å². The molecule has 0 radical (unpaired) electrons. The zero-order valence-corrected chi connectivity index (χ0v) is 12.8. The number of fused-ring (bicyclic) bond motifs is 1. The van der Waals surface area contributed by atoms with Crippen molar-refractivity contribution >= 4 is 28.4 Å². The van der Waals surface area contributed by atoms with Gasteiger partial charge in [0.15, 0.2) is 0 Å². The van der Waals surface area contributed by atoms with E-state index < -0.39 is 0 Å². The molecule has 22 heavy (non-hydrogen) atoms. The Bertz CT molecular complexity index is 828. The van der Waals surface area contributed by atoms with Gasteiger partial charge in [0, 0.05) is 25.2 Å². The Morgan fingerprint density at radius 2 is 2.18 bits per heavy atom. The van der Waals surface area contributed by atoms with Crippen molar-refractivity contribution in [2.45, 2.75) is 6.42 Å². The first-order chi connectivity index (χ1) is 10.6. The molecule has 3 aromatic rings. The third-order valence-electron chi connectivity index (χ3n) is 3.36. The van der Waals surface area contributed by atoms with Gasteiger partial charge in [-0.3, -0.25) is 9.48 Å². The van der Waals surface area contributed by atoms with Crippen LogP contribution in [0, 0.1) is 0 Å². The average molecular weight is 315 g/mol. The molecular formula is C16H15ClN4O. The van der Waals surface area contributed by atoms with Crippen LogP contribution in [-0.4, -0.2) is 27.2 Å². The number of carbonyl (C=O) groups excluding carboxylic acids is 1. The van der Waals surface area contributed by atoms with Crippen molar-refractivity contribution in [3.05, 3.63) is 59.0 Å². The molecule has 1 amide bonds. The third-order valence-corrected chi connectivity index (χ3v) is 3.67. The molecule has 2 aromatic heterocycles. The van der Waals surface area contributed by atoms with Crippen LogP contribution in [0.3, 0.4) is 0 Å². The van der Waals surface area contributed by atoms with E-state index in [-0.39, 0.29) is 5.91 Å². The second kappa shape index (κ2) is 6.15. The third kappa shape index (κ3) is 3.09. The van der Waals surface area contributed by atoms with Crippen LogP contribution in [0.1, 0.15) is 16.1 Å². The van der Waals surface area contributed by atoms with Crippen LogP contribution in [0.2, 0.25) is 5.02 Å². The lowest BCUT2D eigenvalue weighted by atomic mass is 10.2. The number of halogens is 1. The van der Waals surface area contributed by atoms with Gasteiger partial charge < -0.3 is 5.32 Å². The number of nitrogens with one attached hydrogen (secondary N) is 1. The minimum atomic E-state index is -0.203. The van der Waals surface area contributed by atoms with E-state index in [2.05, 4.69) is 15.4 Å². The lowest BCUT2D eigenvalue weighted by Crippen LogP contribution is -2.26. The molecule has 0 aliphatic rings. The predicted molar refractivity (Wildman–Crippen MR) is 86.0 cm³/mol. The molecule has 0 saturated carbocycles. The van der Waals surface area contributed by atoms with E-state index in [0.717, 1.165) is 17.4 Å². The molecule has 1 N–H and O–H groups in total. The molecule has 112 valence electrons. The highest BCUT2D eigenvalue weighted by atomic mass is 35.5. The molecule has 6 heteroatoms. The smallest absolute Gasteiger partial charge is 0.269 e. The molecule has 0 fully saturated rings. The zero-order valence-electron chi connectivity index (χ0n) is 12.1. The summed E-state index contributed by atoms with van der Waals surface area (Å²) >= 11 is 6.12.